The minimum absolute atomic E-state index is 0.0854. The van der Waals surface area contributed by atoms with Gasteiger partial charge in [0.25, 0.3) is 0 Å². The predicted molar refractivity (Wildman–Crippen MR) is 137 cm³/mol. The average molecular weight is 525 g/mol. The van der Waals surface area contributed by atoms with Crippen LogP contribution in [0.3, 0.4) is 0 Å². The molecule has 0 unspecified atom stereocenters. The monoisotopic (exact) mass is 524 g/mol. The van der Waals surface area contributed by atoms with Gasteiger partial charge in [-0.05, 0) is 36.8 Å². The molecule has 1 amide bonds. The Balaban J connectivity index is 1.29. The van der Waals surface area contributed by atoms with Crippen LogP contribution in [0, 0.1) is 6.92 Å². The minimum atomic E-state index is -3.68. The van der Waals surface area contributed by atoms with Crippen LogP contribution in [-0.4, -0.2) is 70.4 Å². The van der Waals surface area contributed by atoms with Crippen molar-refractivity contribution in [3.63, 3.8) is 0 Å². The number of thioether (sulfide) groups is 1. The summed E-state index contributed by atoms with van der Waals surface area (Å²) in [5.41, 5.74) is 2.56. The lowest BCUT2D eigenvalue weighted by Gasteiger charge is -2.26. The maximum absolute atomic E-state index is 13.1. The highest BCUT2D eigenvalue weighted by Gasteiger charge is 2.28. The summed E-state index contributed by atoms with van der Waals surface area (Å²) in [6.45, 7) is 3.09. The van der Waals surface area contributed by atoms with Gasteiger partial charge in [0, 0.05) is 18.8 Å². The van der Waals surface area contributed by atoms with Crippen LogP contribution in [0.4, 0.5) is 5.69 Å². The topological polar surface area (TPSA) is 119 Å². The molecule has 2 aromatic heterocycles. The van der Waals surface area contributed by atoms with E-state index in [4.69, 9.17) is 4.74 Å². The molecule has 186 valence electrons. The van der Waals surface area contributed by atoms with E-state index in [1.807, 2.05) is 30.3 Å². The third kappa shape index (κ3) is 4.98. The highest BCUT2D eigenvalue weighted by atomic mass is 32.2. The Hall–Kier alpha value is -3.32. The van der Waals surface area contributed by atoms with Crippen molar-refractivity contribution < 1.29 is 17.9 Å². The Bertz CT molecular complexity index is 1500. The molecular weight excluding hydrogens is 500 g/mol. The van der Waals surface area contributed by atoms with Gasteiger partial charge in [0.15, 0.2) is 5.65 Å². The number of nitrogens with one attached hydrogen (secondary N) is 1. The number of carbonyl (C=O) groups is 1. The molecule has 12 heteroatoms. The van der Waals surface area contributed by atoms with Gasteiger partial charge in [0.05, 0.1) is 41.1 Å². The van der Waals surface area contributed by atoms with Crippen molar-refractivity contribution in [2.45, 2.75) is 16.8 Å². The lowest BCUT2D eigenvalue weighted by molar-refractivity contribution is -0.113. The number of benzene rings is 2. The molecule has 0 bridgehead atoms. The first-order chi connectivity index (χ1) is 17.4. The van der Waals surface area contributed by atoms with Crippen LogP contribution in [0.5, 0.6) is 0 Å². The number of ether oxygens (including phenoxy) is 1. The van der Waals surface area contributed by atoms with E-state index >= 15 is 0 Å². The molecule has 1 aliphatic rings. The normalized spacial score (nSPS) is 14.7. The van der Waals surface area contributed by atoms with E-state index < -0.39 is 10.0 Å². The number of para-hydroxylation sites is 1. The van der Waals surface area contributed by atoms with Gasteiger partial charge < -0.3 is 10.1 Å². The molecule has 10 nitrogen and oxygen atoms in total. The van der Waals surface area contributed by atoms with Crippen LogP contribution in [-0.2, 0) is 19.6 Å². The van der Waals surface area contributed by atoms with Gasteiger partial charge >= 0.3 is 0 Å². The molecule has 36 heavy (non-hydrogen) atoms. The standard InChI is InChI=1S/C24H24N6O4S2/c1-17-7-8-18(13-21(17)36(32,33)29-9-11-34-12-10-29)28-22(31)15-35-24-20-14-27-30(23(20)25-16-26-24)19-5-3-2-4-6-19/h2-8,13-14,16H,9-12,15H2,1H3,(H,28,31). The number of aryl methyl sites for hydroxylation is 1. The van der Waals surface area contributed by atoms with Gasteiger partial charge in [-0.3, -0.25) is 4.79 Å². The second-order valence-electron chi connectivity index (χ2n) is 8.14. The number of amides is 1. The maximum Gasteiger partial charge on any atom is 0.243 e. The Morgan fingerprint density at radius 1 is 1.11 bits per heavy atom. The van der Waals surface area contributed by atoms with Crippen molar-refractivity contribution in [2.75, 3.05) is 37.4 Å². The Morgan fingerprint density at radius 3 is 2.67 bits per heavy atom. The van der Waals surface area contributed by atoms with Crippen LogP contribution >= 0.6 is 11.8 Å². The molecule has 1 aliphatic heterocycles. The quantitative estimate of drug-likeness (QED) is 0.290. The first kappa shape index (κ1) is 24.4. The summed E-state index contributed by atoms with van der Waals surface area (Å²) in [5, 5.41) is 8.61. The molecule has 2 aromatic carbocycles. The largest absolute Gasteiger partial charge is 0.379 e. The fraction of sp³-hybridized carbons (Fsp3) is 0.250. The number of anilines is 1. The highest BCUT2D eigenvalue weighted by molar-refractivity contribution is 8.00. The minimum Gasteiger partial charge on any atom is -0.379 e. The zero-order valence-corrected chi connectivity index (χ0v) is 21.1. The molecule has 4 aromatic rings. The van der Waals surface area contributed by atoms with Gasteiger partial charge in [-0.1, -0.05) is 36.0 Å². The van der Waals surface area contributed by atoms with Crippen LogP contribution in [0.1, 0.15) is 5.56 Å². The molecule has 1 saturated heterocycles. The SMILES string of the molecule is Cc1ccc(NC(=O)CSc2ncnc3c2cnn3-c2ccccc2)cc1S(=O)(=O)N1CCOCC1. The Morgan fingerprint density at radius 2 is 1.89 bits per heavy atom. The summed E-state index contributed by atoms with van der Waals surface area (Å²) in [6.07, 6.45) is 3.14. The van der Waals surface area contributed by atoms with E-state index in [9.17, 15) is 13.2 Å². The fourth-order valence-electron chi connectivity index (χ4n) is 3.91. The van der Waals surface area contributed by atoms with Crippen LogP contribution in [0.15, 0.2) is 71.0 Å². The van der Waals surface area contributed by atoms with Crippen molar-refractivity contribution in [1.82, 2.24) is 24.1 Å². The van der Waals surface area contributed by atoms with Crippen molar-refractivity contribution in [1.29, 1.82) is 0 Å². The number of fused-ring (bicyclic) bond motifs is 1. The predicted octanol–water partition coefficient (Wildman–Crippen LogP) is 2.88. The van der Waals surface area contributed by atoms with E-state index in [1.165, 1.54) is 28.5 Å². The zero-order chi connectivity index (χ0) is 25.1. The van der Waals surface area contributed by atoms with Gasteiger partial charge in [-0.25, -0.2) is 23.1 Å². The molecule has 0 spiro atoms. The van der Waals surface area contributed by atoms with Crippen molar-refractivity contribution >= 4 is 44.4 Å². The van der Waals surface area contributed by atoms with Crippen molar-refractivity contribution in [3.05, 3.63) is 66.6 Å². The fourth-order valence-corrected chi connectivity index (χ4v) is 6.33. The van der Waals surface area contributed by atoms with Crippen LogP contribution < -0.4 is 5.32 Å². The summed E-state index contributed by atoms with van der Waals surface area (Å²) in [6, 6.07) is 14.5. The van der Waals surface area contributed by atoms with Gasteiger partial charge in [-0.15, -0.1) is 0 Å². The molecule has 1 N–H and O–H groups in total. The average Bonchev–Trinajstić information content (AvgIpc) is 3.34. The summed E-state index contributed by atoms with van der Waals surface area (Å²) in [4.78, 5) is 21.6. The van der Waals surface area contributed by atoms with E-state index in [0.717, 1.165) is 11.1 Å². The van der Waals surface area contributed by atoms with E-state index in [-0.39, 0.29) is 16.6 Å². The number of nitrogens with zero attached hydrogens (tertiary/aromatic N) is 5. The first-order valence-corrected chi connectivity index (χ1v) is 13.7. The Labute approximate surface area is 212 Å². The first-order valence-electron chi connectivity index (χ1n) is 11.3. The van der Waals surface area contributed by atoms with Crippen LogP contribution in [0.2, 0.25) is 0 Å². The molecule has 5 rings (SSSR count). The smallest absolute Gasteiger partial charge is 0.243 e. The number of hydrogen-bond acceptors (Lipinski definition) is 8. The summed E-state index contributed by atoms with van der Waals surface area (Å²) in [7, 11) is -3.68. The number of carbonyl (C=O) groups excluding carboxylic acids is 1. The van der Waals surface area contributed by atoms with E-state index in [1.54, 1.807) is 29.9 Å². The molecule has 3 heterocycles. The molecule has 0 radical (unpaired) electrons. The lowest BCUT2D eigenvalue weighted by Crippen LogP contribution is -2.40. The molecule has 1 fully saturated rings. The van der Waals surface area contributed by atoms with Gasteiger partial charge in [-0.2, -0.15) is 9.40 Å². The Kier molecular flexibility index (Phi) is 7.01. The number of morpholine rings is 1. The molecule has 0 atom stereocenters. The van der Waals surface area contributed by atoms with E-state index in [2.05, 4.69) is 20.4 Å². The third-order valence-electron chi connectivity index (χ3n) is 5.73. The maximum atomic E-state index is 13.1. The second kappa shape index (κ2) is 10.3. The highest BCUT2D eigenvalue weighted by Crippen LogP contribution is 2.27. The summed E-state index contributed by atoms with van der Waals surface area (Å²) >= 11 is 1.26. The van der Waals surface area contributed by atoms with E-state index in [0.29, 0.717) is 48.2 Å². The van der Waals surface area contributed by atoms with Gasteiger partial charge in [0.2, 0.25) is 15.9 Å². The molecular formula is C24H24N6O4S2. The number of aromatic nitrogens is 4. The van der Waals surface area contributed by atoms with Crippen molar-refractivity contribution in [3.8, 4) is 5.69 Å². The second-order valence-corrected chi connectivity index (χ2v) is 11.0. The van der Waals surface area contributed by atoms with Gasteiger partial charge in [0.1, 0.15) is 11.4 Å². The number of sulfonamides is 1. The zero-order valence-electron chi connectivity index (χ0n) is 19.5. The van der Waals surface area contributed by atoms with Crippen LogP contribution in [0.25, 0.3) is 16.7 Å². The lowest BCUT2D eigenvalue weighted by atomic mass is 10.2. The number of rotatable bonds is 7. The summed E-state index contributed by atoms with van der Waals surface area (Å²) in [5.74, 6) is -0.192. The molecule has 0 saturated carbocycles. The van der Waals surface area contributed by atoms with Crippen molar-refractivity contribution in [2.24, 2.45) is 0 Å². The third-order valence-corrected chi connectivity index (χ3v) is 8.78. The molecule has 0 aliphatic carbocycles. The number of hydrogen-bond donors (Lipinski definition) is 1. The summed E-state index contributed by atoms with van der Waals surface area (Å²) < 4.78 is 34.6.